The fraction of sp³-hybridized carbons (Fsp3) is 0.600. The van der Waals surface area contributed by atoms with Gasteiger partial charge in [-0.05, 0) is 57.7 Å². The van der Waals surface area contributed by atoms with Gasteiger partial charge in [-0.2, -0.15) is 5.10 Å². The molecule has 0 aromatic carbocycles. The van der Waals surface area contributed by atoms with Crippen LogP contribution >= 0.6 is 0 Å². The number of carbonyl (C=O) groups is 1. The van der Waals surface area contributed by atoms with E-state index >= 15 is 0 Å². The van der Waals surface area contributed by atoms with Crippen molar-refractivity contribution in [3.8, 4) is 0 Å². The van der Waals surface area contributed by atoms with Gasteiger partial charge < -0.3 is 9.32 Å². The van der Waals surface area contributed by atoms with Gasteiger partial charge in [-0.15, -0.1) is 0 Å². The van der Waals surface area contributed by atoms with E-state index in [9.17, 15) is 4.79 Å². The van der Waals surface area contributed by atoms with E-state index in [-0.39, 0.29) is 11.9 Å². The molecule has 1 amide bonds. The topological polar surface area (TPSA) is 51.3 Å². The first-order valence-corrected chi connectivity index (χ1v) is 9.32. The maximum atomic E-state index is 13.0. The molecule has 1 atom stereocenters. The number of hydrogen-bond acceptors (Lipinski definition) is 3. The van der Waals surface area contributed by atoms with E-state index in [0.29, 0.717) is 6.42 Å². The molecule has 25 heavy (non-hydrogen) atoms. The van der Waals surface area contributed by atoms with Crippen LogP contribution in [0.4, 0.5) is 0 Å². The number of carbonyl (C=O) groups excluding carboxylic acids is 1. The van der Waals surface area contributed by atoms with Crippen molar-refractivity contribution in [1.82, 2.24) is 14.7 Å². The van der Waals surface area contributed by atoms with Gasteiger partial charge in [0.1, 0.15) is 11.5 Å². The zero-order valence-corrected chi connectivity index (χ0v) is 15.8. The van der Waals surface area contributed by atoms with E-state index in [0.717, 1.165) is 55.1 Å². The Morgan fingerprint density at radius 2 is 2.04 bits per heavy atom. The largest absolute Gasteiger partial charge is 0.464 e. The maximum absolute atomic E-state index is 13.0. The zero-order chi connectivity index (χ0) is 18.0. The van der Waals surface area contributed by atoms with Crippen molar-refractivity contribution in [2.24, 2.45) is 7.05 Å². The van der Waals surface area contributed by atoms with E-state index < -0.39 is 0 Å². The third kappa shape index (κ3) is 3.80. The van der Waals surface area contributed by atoms with E-state index in [4.69, 9.17) is 4.42 Å². The summed E-state index contributed by atoms with van der Waals surface area (Å²) in [6.07, 6.45) is 5.68. The lowest BCUT2D eigenvalue weighted by atomic mass is 10.0. The standard InChI is InChI=1S/C20H29N3O2/c1-14-9-11-19(25-14)18-8-6-5-7-13-23(18)20(24)12-10-17-15(2)21-22(4)16(17)3/h9,11,18H,5-8,10,12-13H2,1-4H3. The Morgan fingerprint density at radius 3 is 2.68 bits per heavy atom. The highest BCUT2D eigenvalue weighted by molar-refractivity contribution is 5.77. The first-order chi connectivity index (χ1) is 12.0. The second kappa shape index (κ2) is 7.46. The molecule has 1 aliphatic heterocycles. The molecule has 0 bridgehead atoms. The van der Waals surface area contributed by atoms with Crippen LogP contribution in [-0.2, 0) is 18.3 Å². The Morgan fingerprint density at radius 1 is 1.24 bits per heavy atom. The zero-order valence-electron chi connectivity index (χ0n) is 15.8. The van der Waals surface area contributed by atoms with Gasteiger partial charge in [0.15, 0.2) is 0 Å². The van der Waals surface area contributed by atoms with Gasteiger partial charge in [0.05, 0.1) is 11.7 Å². The quantitative estimate of drug-likeness (QED) is 0.842. The van der Waals surface area contributed by atoms with Gasteiger partial charge in [0.2, 0.25) is 5.91 Å². The Kier molecular flexibility index (Phi) is 5.30. The molecule has 0 spiro atoms. The first-order valence-electron chi connectivity index (χ1n) is 9.32. The van der Waals surface area contributed by atoms with E-state index in [2.05, 4.69) is 12.0 Å². The SMILES string of the molecule is Cc1ccc(C2CCCCCN2C(=O)CCc2c(C)nn(C)c2C)o1. The number of furan rings is 1. The average molecular weight is 343 g/mol. The highest BCUT2D eigenvalue weighted by atomic mass is 16.3. The summed E-state index contributed by atoms with van der Waals surface area (Å²) in [4.78, 5) is 15.0. The summed E-state index contributed by atoms with van der Waals surface area (Å²) in [5.74, 6) is 2.07. The normalized spacial score (nSPS) is 18.4. The van der Waals surface area contributed by atoms with Crippen LogP contribution in [0.1, 0.15) is 66.6 Å². The maximum Gasteiger partial charge on any atom is 0.223 e. The predicted molar refractivity (Wildman–Crippen MR) is 97.4 cm³/mol. The molecule has 1 aliphatic rings. The summed E-state index contributed by atoms with van der Waals surface area (Å²) in [5, 5.41) is 4.46. The second-order valence-electron chi connectivity index (χ2n) is 7.17. The minimum Gasteiger partial charge on any atom is -0.464 e. The molecule has 0 saturated carbocycles. The van der Waals surface area contributed by atoms with Gasteiger partial charge in [0.25, 0.3) is 0 Å². The number of amides is 1. The van der Waals surface area contributed by atoms with Gasteiger partial charge in [-0.3, -0.25) is 9.48 Å². The molecule has 3 rings (SSSR count). The summed E-state index contributed by atoms with van der Waals surface area (Å²) in [7, 11) is 1.96. The Hall–Kier alpha value is -2.04. The fourth-order valence-electron chi connectivity index (χ4n) is 3.89. The van der Waals surface area contributed by atoms with Crippen molar-refractivity contribution in [3.05, 3.63) is 40.6 Å². The summed E-state index contributed by atoms with van der Waals surface area (Å²) in [6, 6.07) is 4.10. The molecular formula is C20H29N3O2. The van der Waals surface area contributed by atoms with Crippen molar-refractivity contribution in [2.75, 3.05) is 6.54 Å². The second-order valence-corrected chi connectivity index (χ2v) is 7.17. The fourth-order valence-corrected chi connectivity index (χ4v) is 3.89. The molecule has 136 valence electrons. The molecule has 5 nitrogen and oxygen atoms in total. The smallest absolute Gasteiger partial charge is 0.223 e. The van der Waals surface area contributed by atoms with E-state index in [1.54, 1.807) is 0 Å². The van der Waals surface area contributed by atoms with Crippen molar-refractivity contribution in [3.63, 3.8) is 0 Å². The molecule has 1 unspecified atom stereocenters. The lowest BCUT2D eigenvalue weighted by Gasteiger charge is -2.29. The van der Waals surface area contributed by atoms with Crippen LogP contribution in [0.5, 0.6) is 0 Å². The summed E-state index contributed by atoms with van der Waals surface area (Å²) in [5.41, 5.74) is 3.39. The minimum absolute atomic E-state index is 0.0831. The van der Waals surface area contributed by atoms with Gasteiger partial charge >= 0.3 is 0 Å². The van der Waals surface area contributed by atoms with Crippen LogP contribution in [0.25, 0.3) is 0 Å². The molecule has 0 N–H and O–H groups in total. The van der Waals surface area contributed by atoms with E-state index in [1.807, 2.05) is 42.6 Å². The predicted octanol–water partition coefficient (Wildman–Crippen LogP) is 4.01. The third-order valence-corrected chi connectivity index (χ3v) is 5.41. The van der Waals surface area contributed by atoms with Crippen LogP contribution < -0.4 is 0 Å². The Bertz CT molecular complexity index is 744. The number of nitrogens with zero attached hydrogens (tertiary/aromatic N) is 3. The van der Waals surface area contributed by atoms with Crippen LogP contribution in [0, 0.1) is 20.8 Å². The number of hydrogen-bond donors (Lipinski definition) is 0. The lowest BCUT2D eigenvalue weighted by molar-refractivity contribution is -0.134. The Balaban J connectivity index is 1.73. The molecule has 1 fully saturated rings. The van der Waals surface area contributed by atoms with Crippen molar-refractivity contribution in [2.45, 2.75) is 65.3 Å². The molecule has 0 aliphatic carbocycles. The van der Waals surface area contributed by atoms with E-state index in [1.165, 1.54) is 12.0 Å². The third-order valence-electron chi connectivity index (χ3n) is 5.41. The molecule has 2 aromatic rings. The summed E-state index contributed by atoms with van der Waals surface area (Å²) >= 11 is 0. The summed E-state index contributed by atoms with van der Waals surface area (Å²) in [6.45, 7) is 6.88. The number of rotatable bonds is 4. The lowest BCUT2D eigenvalue weighted by Crippen LogP contribution is -2.34. The van der Waals surface area contributed by atoms with Gasteiger partial charge in [0, 0.05) is 25.7 Å². The van der Waals surface area contributed by atoms with Crippen molar-refractivity contribution < 1.29 is 9.21 Å². The van der Waals surface area contributed by atoms with Gasteiger partial charge in [-0.25, -0.2) is 0 Å². The molecular weight excluding hydrogens is 314 g/mol. The molecule has 2 aromatic heterocycles. The highest BCUT2D eigenvalue weighted by Crippen LogP contribution is 2.32. The van der Waals surface area contributed by atoms with Crippen LogP contribution in [0.2, 0.25) is 0 Å². The first kappa shape index (κ1) is 17.8. The monoisotopic (exact) mass is 343 g/mol. The summed E-state index contributed by atoms with van der Waals surface area (Å²) < 4.78 is 7.75. The van der Waals surface area contributed by atoms with Crippen molar-refractivity contribution >= 4 is 5.91 Å². The van der Waals surface area contributed by atoms with Gasteiger partial charge in [-0.1, -0.05) is 12.8 Å². The molecule has 5 heteroatoms. The van der Waals surface area contributed by atoms with Crippen LogP contribution in [-0.4, -0.2) is 27.1 Å². The Labute approximate surface area is 150 Å². The molecule has 0 radical (unpaired) electrons. The number of aromatic nitrogens is 2. The number of likely N-dealkylation sites (tertiary alicyclic amines) is 1. The average Bonchev–Trinajstić information content (AvgIpc) is 2.99. The van der Waals surface area contributed by atoms with Crippen LogP contribution in [0.3, 0.4) is 0 Å². The van der Waals surface area contributed by atoms with Crippen LogP contribution in [0.15, 0.2) is 16.5 Å². The molecule has 1 saturated heterocycles. The van der Waals surface area contributed by atoms with Crippen molar-refractivity contribution in [1.29, 1.82) is 0 Å². The highest BCUT2D eigenvalue weighted by Gasteiger charge is 2.28. The minimum atomic E-state index is 0.0831. The number of aryl methyl sites for hydroxylation is 3. The molecule has 3 heterocycles.